The van der Waals surface area contributed by atoms with Gasteiger partial charge in [0, 0.05) is 19.0 Å². The first-order chi connectivity index (χ1) is 8.20. The summed E-state index contributed by atoms with van der Waals surface area (Å²) >= 11 is 0. The lowest BCUT2D eigenvalue weighted by molar-refractivity contribution is -0.126. The molecule has 0 radical (unpaired) electrons. The first kappa shape index (κ1) is 12.8. The van der Waals surface area contributed by atoms with Gasteiger partial charge >= 0.3 is 0 Å². The Kier molecular flexibility index (Phi) is 4.40. The number of nitrogens with zero attached hydrogens (tertiary/aromatic N) is 1. The standard InChI is InChI=1S/C13H25N3O/c1-16-6-5-10(9-16)8-15-13(17)12-4-2-3-11(12)7-14/h10-12H,2-9,14H2,1H3,(H,15,17). The number of carbonyl (C=O) groups excluding carboxylic acids is 1. The Labute approximate surface area is 104 Å². The minimum atomic E-state index is 0.180. The van der Waals surface area contributed by atoms with Crippen molar-refractivity contribution in [2.45, 2.75) is 25.7 Å². The van der Waals surface area contributed by atoms with Crippen LogP contribution >= 0.6 is 0 Å². The van der Waals surface area contributed by atoms with Crippen molar-refractivity contribution in [3.63, 3.8) is 0 Å². The smallest absolute Gasteiger partial charge is 0.223 e. The number of nitrogens with one attached hydrogen (secondary N) is 1. The van der Waals surface area contributed by atoms with Crippen LogP contribution in [0, 0.1) is 17.8 Å². The Hall–Kier alpha value is -0.610. The maximum absolute atomic E-state index is 12.1. The summed E-state index contributed by atoms with van der Waals surface area (Å²) in [5, 5.41) is 3.13. The van der Waals surface area contributed by atoms with Gasteiger partial charge in [0.15, 0.2) is 0 Å². The first-order valence-electron chi connectivity index (χ1n) is 6.87. The zero-order valence-corrected chi connectivity index (χ0v) is 10.8. The van der Waals surface area contributed by atoms with Crippen molar-refractivity contribution in [3.8, 4) is 0 Å². The van der Waals surface area contributed by atoms with Crippen molar-refractivity contribution in [3.05, 3.63) is 0 Å². The van der Waals surface area contributed by atoms with Crippen LogP contribution in [0.2, 0.25) is 0 Å². The van der Waals surface area contributed by atoms with Crippen LogP contribution in [0.15, 0.2) is 0 Å². The van der Waals surface area contributed by atoms with Crippen LogP contribution in [-0.2, 0) is 4.79 Å². The molecule has 2 fully saturated rings. The average Bonchev–Trinajstić information content (AvgIpc) is 2.94. The van der Waals surface area contributed by atoms with Gasteiger partial charge in [0.2, 0.25) is 5.91 Å². The van der Waals surface area contributed by atoms with Crippen LogP contribution in [0.25, 0.3) is 0 Å². The second-order valence-corrected chi connectivity index (χ2v) is 5.70. The molecule has 1 aliphatic heterocycles. The maximum atomic E-state index is 12.1. The van der Waals surface area contributed by atoms with Gasteiger partial charge < -0.3 is 16.0 Å². The van der Waals surface area contributed by atoms with E-state index in [1.165, 1.54) is 6.42 Å². The van der Waals surface area contributed by atoms with Gasteiger partial charge in [-0.3, -0.25) is 4.79 Å². The highest BCUT2D eigenvalue weighted by atomic mass is 16.1. The van der Waals surface area contributed by atoms with E-state index in [0.29, 0.717) is 18.4 Å². The van der Waals surface area contributed by atoms with E-state index in [1.54, 1.807) is 0 Å². The van der Waals surface area contributed by atoms with Gasteiger partial charge in [-0.15, -0.1) is 0 Å². The van der Waals surface area contributed by atoms with Gasteiger partial charge in [0.05, 0.1) is 0 Å². The summed E-state index contributed by atoms with van der Waals surface area (Å²) in [7, 11) is 2.14. The van der Waals surface area contributed by atoms with Crippen LogP contribution in [0.1, 0.15) is 25.7 Å². The number of nitrogens with two attached hydrogens (primary N) is 1. The summed E-state index contributed by atoms with van der Waals surface area (Å²) in [5.74, 6) is 1.48. The molecule has 2 aliphatic rings. The van der Waals surface area contributed by atoms with Crippen molar-refractivity contribution in [1.82, 2.24) is 10.2 Å². The Balaban J connectivity index is 1.73. The molecular formula is C13H25N3O. The van der Waals surface area contributed by atoms with Crippen molar-refractivity contribution >= 4 is 5.91 Å². The lowest BCUT2D eigenvalue weighted by Gasteiger charge is -2.19. The molecule has 98 valence electrons. The zero-order valence-electron chi connectivity index (χ0n) is 10.8. The molecule has 1 amide bonds. The predicted molar refractivity (Wildman–Crippen MR) is 68.5 cm³/mol. The van der Waals surface area contributed by atoms with E-state index in [0.717, 1.165) is 38.9 Å². The molecule has 0 aromatic heterocycles. The van der Waals surface area contributed by atoms with Crippen LogP contribution < -0.4 is 11.1 Å². The van der Waals surface area contributed by atoms with Crippen LogP contribution in [0.3, 0.4) is 0 Å². The molecule has 1 saturated carbocycles. The summed E-state index contributed by atoms with van der Waals surface area (Å²) in [6.07, 6.45) is 4.52. The highest BCUT2D eigenvalue weighted by Crippen LogP contribution is 2.31. The van der Waals surface area contributed by atoms with E-state index in [9.17, 15) is 4.79 Å². The van der Waals surface area contributed by atoms with E-state index in [2.05, 4.69) is 17.3 Å². The zero-order chi connectivity index (χ0) is 12.3. The van der Waals surface area contributed by atoms with E-state index >= 15 is 0 Å². The Morgan fingerprint density at radius 1 is 1.41 bits per heavy atom. The van der Waals surface area contributed by atoms with Gasteiger partial charge in [-0.1, -0.05) is 6.42 Å². The normalized spacial score (nSPS) is 34.1. The minimum Gasteiger partial charge on any atom is -0.356 e. The quantitative estimate of drug-likeness (QED) is 0.748. The fourth-order valence-corrected chi connectivity index (χ4v) is 3.23. The summed E-state index contributed by atoms with van der Waals surface area (Å²) in [6.45, 7) is 3.78. The molecule has 0 bridgehead atoms. The third-order valence-electron chi connectivity index (χ3n) is 4.35. The average molecular weight is 239 g/mol. The van der Waals surface area contributed by atoms with Crippen molar-refractivity contribution in [2.24, 2.45) is 23.5 Å². The van der Waals surface area contributed by atoms with Gasteiger partial charge in [0.25, 0.3) is 0 Å². The second-order valence-electron chi connectivity index (χ2n) is 5.70. The number of amides is 1. The third kappa shape index (κ3) is 3.19. The number of hydrogen-bond acceptors (Lipinski definition) is 3. The number of likely N-dealkylation sites (tertiary alicyclic amines) is 1. The molecule has 2 rings (SSSR count). The molecule has 3 N–H and O–H groups in total. The summed E-state index contributed by atoms with van der Waals surface area (Å²) in [4.78, 5) is 14.4. The molecule has 4 nitrogen and oxygen atoms in total. The summed E-state index contributed by atoms with van der Waals surface area (Å²) in [6, 6.07) is 0. The van der Waals surface area contributed by atoms with Crippen molar-refractivity contribution < 1.29 is 4.79 Å². The molecule has 0 aromatic rings. The highest BCUT2D eigenvalue weighted by molar-refractivity contribution is 5.79. The van der Waals surface area contributed by atoms with Crippen molar-refractivity contribution in [2.75, 3.05) is 33.2 Å². The molecule has 3 atom stereocenters. The summed E-state index contributed by atoms with van der Waals surface area (Å²) in [5.41, 5.74) is 5.71. The maximum Gasteiger partial charge on any atom is 0.223 e. The van der Waals surface area contributed by atoms with Crippen LogP contribution in [-0.4, -0.2) is 44.0 Å². The molecule has 1 aliphatic carbocycles. The SMILES string of the molecule is CN1CCC(CNC(=O)C2CCCC2CN)C1. The number of carbonyl (C=O) groups is 1. The second kappa shape index (κ2) is 5.83. The monoisotopic (exact) mass is 239 g/mol. The van der Waals surface area contributed by atoms with Gasteiger partial charge in [-0.25, -0.2) is 0 Å². The van der Waals surface area contributed by atoms with E-state index < -0.39 is 0 Å². The van der Waals surface area contributed by atoms with E-state index in [1.807, 2.05) is 0 Å². The van der Waals surface area contributed by atoms with Crippen LogP contribution in [0.5, 0.6) is 0 Å². The molecule has 3 unspecified atom stereocenters. The van der Waals surface area contributed by atoms with E-state index in [4.69, 9.17) is 5.73 Å². The molecule has 0 spiro atoms. The summed E-state index contributed by atoms with van der Waals surface area (Å²) < 4.78 is 0. The van der Waals surface area contributed by atoms with Gasteiger partial charge in [0.1, 0.15) is 0 Å². The Morgan fingerprint density at radius 2 is 2.24 bits per heavy atom. The molecule has 1 heterocycles. The fourth-order valence-electron chi connectivity index (χ4n) is 3.23. The van der Waals surface area contributed by atoms with Gasteiger partial charge in [-0.2, -0.15) is 0 Å². The topological polar surface area (TPSA) is 58.4 Å². The Morgan fingerprint density at radius 3 is 2.88 bits per heavy atom. The molecule has 0 aromatic carbocycles. The first-order valence-corrected chi connectivity index (χ1v) is 6.87. The number of rotatable bonds is 4. The minimum absolute atomic E-state index is 0.180. The molecular weight excluding hydrogens is 214 g/mol. The third-order valence-corrected chi connectivity index (χ3v) is 4.35. The van der Waals surface area contributed by atoms with Crippen LogP contribution in [0.4, 0.5) is 0 Å². The van der Waals surface area contributed by atoms with Gasteiger partial charge in [-0.05, 0) is 51.2 Å². The fraction of sp³-hybridized carbons (Fsp3) is 0.923. The molecule has 4 heteroatoms. The lowest BCUT2D eigenvalue weighted by Crippen LogP contribution is -2.38. The van der Waals surface area contributed by atoms with E-state index in [-0.39, 0.29) is 11.8 Å². The predicted octanol–water partition coefficient (Wildman–Crippen LogP) is 0.429. The van der Waals surface area contributed by atoms with Crippen molar-refractivity contribution in [1.29, 1.82) is 0 Å². The molecule has 17 heavy (non-hydrogen) atoms. The lowest BCUT2D eigenvalue weighted by atomic mass is 9.95. The molecule has 1 saturated heterocycles. The highest BCUT2D eigenvalue weighted by Gasteiger charge is 2.32. The number of hydrogen-bond donors (Lipinski definition) is 2. The Bertz CT molecular complexity index is 269. The largest absolute Gasteiger partial charge is 0.356 e.